The standard InChI is InChI=1S/C29H52O5/c1-5-6-7-8-9-10-11-12-13-14-15-23(30)20-26-22(3)25-17-16-21(2)24-18-19-28(4)32-27(31-26)29(24,25)34-33-28/h21-27,30H,5-20H2,1-4H3/t21-,22-,23-,24+,25+,26-,27-,28-,29-/m1/s1. The van der Waals surface area contributed by atoms with Gasteiger partial charge < -0.3 is 14.6 Å². The summed E-state index contributed by atoms with van der Waals surface area (Å²) in [5.41, 5.74) is -0.495. The molecular formula is C29H52O5. The van der Waals surface area contributed by atoms with Crippen LogP contribution in [0.1, 0.15) is 130 Å². The maximum atomic E-state index is 10.9. The Hall–Kier alpha value is -0.200. The van der Waals surface area contributed by atoms with Gasteiger partial charge in [-0.3, -0.25) is 0 Å². The predicted octanol–water partition coefficient (Wildman–Crippen LogP) is 7.30. The molecule has 198 valence electrons. The molecule has 1 spiro atoms. The monoisotopic (exact) mass is 480 g/mol. The smallest absolute Gasteiger partial charge is 0.201 e. The quantitative estimate of drug-likeness (QED) is 0.221. The first-order chi connectivity index (χ1) is 16.4. The van der Waals surface area contributed by atoms with Gasteiger partial charge in [-0.25, -0.2) is 9.78 Å². The normalized spacial score (nSPS) is 42.3. The molecule has 0 aromatic carbocycles. The third kappa shape index (κ3) is 5.69. The van der Waals surface area contributed by atoms with Crippen LogP contribution >= 0.6 is 0 Å². The Morgan fingerprint density at radius 1 is 0.853 bits per heavy atom. The average molecular weight is 481 g/mol. The van der Waals surface area contributed by atoms with Crippen LogP contribution in [0.5, 0.6) is 0 Å². The molecule has 5 rings (SSSR count). The minimum atomic E-state index is -0.725. The Morgan fingerprint density at radius 3 is 2.24 bits per heavy atom. The van der Waals surface area contributed by atoms with E-state index in [0.717, 1.165) is 32.1 Å². The van der Waals surface area contributed by atoms with Crippen LogP contribution in [-0.2, 0) is 19.2 Å². The number of unbranched alkanes of at least 4 members (excludes halogenated alkanes) is 9. The van der Waals surface area contributed by atoms with E-state index in [-0.39, 0.29) is 12.2 Å². The third-order valence-corrected chi connectivity index (χ3v) is 9.69. The molecule has 1 saturated carbocycles. The van der Waals surface area contributed by atoms with Crippen LogP contribution in [0.2, 0.25) is 0 Å². The first kappa shape index (κ1) is 26.9. The molecule has 0 aromatic heterocycles. The van der Waals surface area contributed by atoms with E-state index in [1.807, 2.05) is 6.92 Å². The zero-order valence-electron chi connectivity index (χ0n) is 22.4. The topological polar surface area (TPSA) is 57.2 Å². The molecule has 0 amide bonds. The molecule has 0 aromatic rings. The molecule has 5 heteroatoms. The van der Waals surface area contributed by atoms with E-state index in [9.17, 15) is 5.11 Å². The Kier molecular flexibility index (Phi) is 9.40. The SMILES string of the molecule is CCCCCCCCCCCC[C@@H](O)C[C@H]1O[C@@H]2O[C@@]3(C)CC[C@H]4[C@H](C)CC[C@@H]([C@H]1C)[C@@]24OO3. The van der Waals surface area contributed by atoms with Crippen molar-refractivity contribution in [2.24, 2.45) is 23.7 Å². The molecule has 5 nitrogen and oxygen atoms in total. The lowest BCUT2D eigenvalue weighted by Gasteiger charge is -2.60. The van der Waals surface area contributed by atoms with Gasteiger partial charge in [0.1, 0.15) is 0 Å². The third-order valence-electron chi connectivity index (χ3n) is 9.69. The largest absolute Gasteiger partial charge is 0.393 e. The van der Waals surface area contributed by atoms with Crippen LogP contribution < -0.4 is 0 Å². The van der Waals surface area contributed by atoms with Crippen molar-refractivity contribution in [2.75, 3.05) is 0 Å². The Bertz CT molecular complexity index is 628. The lowest BCUT2D eigenvalue weighted by Crippen LogP contribution is -2.70. The van der Waals surface area contributed by atoms with Gasteiger partial charge in [0.15, 0.2) is 11.9 Å². The molecule has 4 saturated heterocycles. The molecule has 1 N–H and O–H groups in total. The van der Waals surface area contributed by atoms with Crippen LogP contribution in [0.3, 0.4) is 0 Å². The summed E-state index contributed by atoms with van der Waals surface area (Å²) >= 11 is 0. The van der Waals surface area contributed by atoms with Crippen LogP contribution in [0.25, 0.3) is 0 Å². The lowest BCUT2D eigenvalue weighted by atomic mass is 9.57. The van der Waals surface area contributed by atoms with E-state index in [1.54, 1.807) is 0 Å². The molecule has 5 aliphatic rings. The highest BCUT2D eigenvalue weighted by molar-refractivity contribution is 5.09. The highest BCUT2D eigenvalue weighted by Crippen LogP contribution is 2.60. The zero-order chi connectivity index (χ0) is 24.2. The minimum Gasteiger partial charge on any atom is -0.393 e. The van der Waals surface area contributed by atoms with E-state index < -0.39 is 17.7 Å². The second-order valence-corrected chi connectivity index (χ2v) is 12.3. The molecule has 9 atom stereocenters. The summed E-state index contributed by atoms with van der Waals surface area (Å²) in [5, 5.41) is 10.9. The molecule has 4 aliphatic heterocycles. The average Bonchev–Trinajstić information content (AvgIpc) is 3.04. The van der Waals surface area contributed by atoms with Crippen molar-refractivity contribution in [3.63, 3.8) is 0 Å². The molecule has 0 unspecified atom stereocenters. The fourth-order valence-corrected chi connectivity index (χ4v) is 7.50. The Labute approximate surface area is 208 Å². The summed E-state index contributed by atoms with van der Waals surface area (Å²) in [7, 11) is 0. The van der Waals surface area contributed by atoms with E-state index in [2.05, 4.69) is 20.8 Å². The predicted molar refractivity (Wildman–Crippen MR) is 134 cm³/mol. The van der Waals surface area contributed by atoms with Crippen LogP contribution in [-0.4, -0.2) is 35.0 Å². The number of aliphatic hydroxyl groups is 1. The molecule has 5 fully saturated rings. The van der Waals surface area contributed by atoms with Crippen molar-refractivity contribution >= 4 is 0 Å². The van der Waals surface area contributed by atoms with Crippen LogP contribution in [0, 0.1) is 23.7 Å². The summed E-state index contributed by atoms with van der Waals surface area (Å²) < 4.78 is 13.1. The second-order valence-electron chi connectivity index (χ2n) is 12.3. The number of rotatable bonds is 13. The van der Waals surface area contributed by atoms with Crippen LogP contribution in [0.4, 0.5) is 0 Å². The van der Waals surface area contributed by atoms with Crippen molar-refractivity contribution in [3.05, 3.63) is 0 Å². The van der Waals surface area contributed by atoms with Gasteiger partial charge in [-0.1, -0.05) is 85.0 Å². The lowest BCUT2D eigenvalue weighted by molar-refractivity contribution is -0.571. The molecule has 1 aliphatic carbocycles. The van der Waals surface area contributed by atoms with Crippen molar-refractivity contribution in [1.29, 1.82) is 0 Å². The fraction of sp³-hybridized carbons (Fsp3) is 1.00. The van der Waals surface area contributed by atoms with Gasteiger partial charge in [0.2, 0.25) is 5.79 Å². The minimum absolute atomic E-state index is 0.0133. The maximum Gasteiger partial charge on any atom is 0.201 e. The molecular weight excluding hydrogens is 428 g/mol. The van der Waals surface area contributed by atoms with E-state index in [0.29, 0.717) is 30.1 Å². The number of aliphatic hydroxyl groups excluding tert-OH is 1. The first-order valence-electron chi connectivity index (χ1n) is 14.8. The zero-order valence-corrected chi connectivity index (χ0v) is 22.4. The number of hydrogen-bond donors (Lipinski definition) is 1. The van der Waals surface area contributed by atoms with E-state index in [1.165, 1.54) is 64.2 Å². The fourth-order valence-electron chi connectivity index (χ4n) is 7.50. The van der Waals surface area contributed by atoms with Gasteiger partial charge in [-0.2, -0.15) is 0 Å². The number of ether oxygens (including phenoxy) is 2. The summed E-state index contributed by atoms with van der Waals surface area (Å²) in [6.07, 6.45) is 18.4. The molecule has 4 heterocycles. The summed E-state index contributed by atoms with van der Waals surface area (Å²) in [4.78, 5) is 12.1. The van der Waals surface area contributed by atoms with Crippen molar-refractivity contribution in [1.82, 2.24) is 0 Å². The van der Waals surface area contributed by atoms with Crippen molar-refractivity contribution in [3.8, 4) is 0 Å². The summed E-state index contributed by atoms with van der Waals surface area (Å²) in [6.45, 7) is 8.90. The highest BCUT2D eigenvalue weighted by atomic mass is 17.3. The summed E-state index contributed by atoms with van der Waals surface area (Å²) in [6, 6.07) is 0. The maximum absolute atomic E-state index is 10.9. The van der Waals surface area contributed by atoms with Gasteiger partial charge in [0, 0.05) is 12.3 Å². The highest BCUT2D eigenvalue weighted by Gasteiger charge is 2.69. The second kappa shape index (κ2) is 11.9. The van der Waals surface area contributed by atoms with Gasteiger partial charge in [0.25, 0.3) is 0 Å². The first-order valence-corrected chi connectivity index (χ1v) is 14.8. The van der Waals surface area contributed by atoms with E-state index >= 15 is 0 Å². The number of fused-ring (bicyclic) bond motifs is 2. The van der Waals surface area contributed by atoms with Crippen molar-refractivity contribution < 1.29 is 24.4 Å². The Morgan fingerprint density at radius 2 is 1.53 bits per heavy atom. The molecule has 34 heavy (non-hydrogen) atoms. The Balaban J connectivity index is 1.24. The van der Waals surface area contributed by atoms with Crippen LogP contribution in [0.15, 0.2) is 0 Å². The van der Waals surface area contributed by atoms with Gasteiger partial charge in [-0.05, 0) is 56.8 Å². The summed E-state index contributed by atoms with van der Waals surface area (Å²) in [5.74, 6) is 0.936. The van der Waals surface area contributed by atoms with Gasteiger partial charge in [-0.15, -0.1) is 0 Å². The van der Waals surface area contributed by atoms with Gasteiger partial charge >= 0.3 is 0 Å². The van der Waals surface area contributed by atoms with E-state index in [4.69, 9.17) is 19.2 Å². The molecule has 0 radical (unpaired) electrons. The van der Waals surface area contributed by atoms with Crippen molar-refractivity contribution in [2.45, 2.75) is 160 Å². The van der Waals surface area contributed by atoms with Gasteiger partial charge in [0.05, 0.1) is 12.2 Å². The molecule has 2 bridgehead atoms. The number of hydrogen-bond acceptors (Lipinski definition) is 5.